The van der Waals surface area contributed by atoms with Crippen molar-refractivity contribution in [2.75, 3.05) is 36.5 Å². The number of halogens is 1. The molecule has 0 aromatic heterocycles. The molecular formula is C12H15FN2O3S. The second-order valence-corrected chi connectivity index (χ2v) is 6.74. The molecule has 2 amide bonds. The van der Waals surface area contributed by atoms with E-state index in [9.17, 15) is 17.6 Å². The molecule has 0 spiro atoms. The standard InChI is InChI=1S/C12H15FN2O3S/c1-14(11-5-3-2-4-10(11)13)12(16)15-6-8-19(17,18)9-7-15/h2-5H,6-9H2,1H3. The lowest BCUT2D eigenvalue weighted by molar-refractivity contribution is 0.210. The topological polar surface area (TPSA) is 57.7 Å². The molecule has 0 bridgehead atoms. The number of para-hydroxylation sites is 1. The second-order valence-electron chi connectivity index (χ2n) is 4.43. The first-order valence-corrected chi connectivity index (χ1v) is 7.70. The molecule has 0 saturated carbocycles. The third-order valence-corrected chi connectivity index (χ3v) is 4.72. The highest BCUT2D eigenvalue weighted by molar-refractivity contribution is 7.91. The summed E-state index contributed by atoms with van der Waals surface area (Å²) in [6.07, 6.45) is 0. The third-order valence-electron chi connectivity index (χ3n) is 3.12. The zero-order chi connectivity index (χ0) is 14.0. The number of amides is 2. The Kier molecular flexibility index (Phi) is 3.75. The molecule has 0 unspecified atom stereocenters. The van der Waals surface area contributed by atoms with Gasteiger partial charge in [0, 0.05) is 20.1 Å². The highest BCUT2D eigenvalue weighted by atomic mass is 32.2. The summed E-state index contributed by atoms with van der Waals surface area (Å²) in [6.45, 7) is 0.305. The summed E-state index contributed by atoms with van der Waals surface area (Å²) in [4.78, 5) is 14.8. The Labute approximate surface area is 111 Å². The van der Waals surface area contributed by atoms with Gasteiger partial charge in [0.15, 0.2) is 9.84 Å². The van der Waals surface area contributed by atoms with Crippen LogP contribution in [-0.4, -0.2) is 51.0 Å². The molecule has 5 nitrogen and oxygen atoms in total. The van der Waals surface area contributed by atoms with Gasteiger partial charge in [-0.2, -0.15) is 0 Å². The van der Waals surface area contributed by atoms with Crippen LogP contribution < -0.4 is 4.90 Å². The molecule has 1 aliphatic heterocycles. The number of urea groups is 1. The summed E-state index contributed by atoms with van der Waals surface area (Å²) >= 11 is 0. The summed E-state index contributed by atoms with van der Waals surface area (Å²) in [7, 11) is -1.56. The molecule has 1 aromatic carbocycles. The van der Waals surface area contributed by atoms with Gasteiger partial charge >= 0.3 is 6.03 Å². The molecule has 1 saturated heterocycles. The van der Waals surface area contributed by atoms with Crippen LogP contribution in [-0.2, 0) is 9.84 Å². The van der Waals surface area contributed by atoms with Crippen molar-refractivity contribution in [2.24, 2.45) is 0 Å². The number of benzene rings is 1. The minimum absolute atomic E-state index is 0.0378. The Balaban J connectivity index is 2.11. The summed E-state index contributed by atoms with van der Waals surface area (Å²) in [5.41, 5.74) is 0.181. The molecule has 1 fully saturated rings. The largest absolute Gasteiger partial charge is 0.324 e. The Morgan fingerprint density at radius 3 is 2.42 bits per heavy atom. The zero-order valence-electron chi connectivity index (χ0n) is 10.5. The number of sulfone groups is 1. The predicted octanol–water partition coefficient (Wildman–Crippen LogP) is 1.11. The normalized spacial score (nSPS) is 18.1. The van der Waals surface area contributed by atoms with E-state index in [1.54, 1.807) is 12.1 Å². The van der Waals surface area contributed by atoms with E-state index in [4.69, 9.17) is 0 Å². The molecule has 0 aliphatic carbocycles. The fraction of sp³-hybridized carbons (Fsp3) is 0.417. The van der Waals surface area contributed by atoms with E-state index < -0.39 is 15.7 Å². The molecule has 104 valence electrons. The Morgan fingerprint density at radius 2 is 1.84 bits per heavy atom. The van der Waals surface area contributed by atoms with Crippen molar-refractivity contribution in [3.8, 4) is 0 Å². The van der Waals surface area contributed by atoms with Gasteiger partial charge in [0.05, 0.1) is 17.2 Å². The Morgan fingerprint density at radius 1 is 1.26 bits per heavy atom. The molecule has 1 heterocycles. The van der Waals surface area contributed by atoms with Crippen molar-refractivity contribution >= 4 is 21.6 Å². The lowest BCUT2D eigenvalue weighted by Crippen LogP contribution is -2.49. The first-order chi connectivity index (χ1) is 8.91. The summed E-state index contributed by atoms with van der Waals surface area (Å²) in [5, 5.41) is 0. The minimum atomic E-state index is -3.03. The quantitative estimate of drug-likeness (QED) is 0.777. The van der Waals surface area contributed by atoms with Gasteiger partial charge in [-0.25, -0.2) is 17.6 Å². The van der Waals surface area contributed by atoms with Crippen LogP contribution in [0.15, 0.2) is 24.3 Å². The van der Waals surface area contributed by atoms with E-state index in [0.29, 0.717) is 0 Å². The van der Waals surface area contributed by atoms with Gasteiger partial charge in [0.2, 0.25) is 0 Å². The van der Waals surface area contributed by atoms with Gasteiger partial charge in [-0.3, -0.25) is 4.90 Å². The molecular weight excluding hydrogens is 271 g/mol. The van der Waals surface area contributed by atoms with E-state index in [-0.39, 0.29) is 36.3 Å². The fourth-order valence-electron chi connectivity index (χ4n) is 1.94. The van der Waals surface area contributed by atoms with Crippen LogP contribution in [0.3, 0.4) is 0 Å². The molecule has 1 aromatic rings. The Bertz CT molecular complexity index is 574. The average Bonchev–Trinajstić information content (AvgIpc) is 2.38. The monoisotopic (exact) mass is 286 g/mol. The van der Waals surface area contributed by atoms with Crippen molar-refractivity contribution in [3.05, 3.63) is 30.1 Å². The van der Waals surface area contributed by atoms with Gasteiger partial charge in [-0.15, -0.1) is 0 Å². The Hall–Kier alpha value is -1.63. The van der Waals surface area contributed by atoms with Gasteiger partial charge in [0.1, 0.15) is 5.82 Å². The van der Waals surface area contributed by atoms with E-state index in [1.165, 1.54) is 29.0 Å². The van der Waals surface area contributed by atoms with Gasteiger partial charge < -0.3 is 4.90 Å². The lowest BCUT2D eigenvalue weighted by Gasteiger charge is -2.31. The van der Waals surface area contributed by atoms with E-state index in [0.717, 1.165) is 0 Å². The SMILES string of the molecule is CN(C(=O)N1CCS(=O)(=O)CC1)c1ccccc1F. The highest BCUT2D eigenvalue weighted by Gasteiger charge is 2.27. The highest BCUT2D eigenvalue weighted by Crippen LogP contribution is 2.19. The molecule has 2 rings (SSSR count). The fourth-order valence-corrected chi connectivity index (χ4v) is 3.14. The van der Waals surface area contributed by atoms with E-state index in [2.05, 4.69) is 0 Å². The smallest absolute Gasteiger partial charge is 0.322 e. The number of hydrogen-bond acceptors (Lipinski definition) is 3. The van der Waals surface area contributed by atoms with Crippen molar-refractivity contribution in [1.29, 1.82) is 0 Å². The summed E-state index contributed by atoms with van der Waals surface area (Å²) < 4.78 is 36.2. The minimum Gasteiger partial charge on any atom is -0.322 e. The number of hydrogen-bond donors (Lipinski definition) is 0. The van der Waals surface area contributed by atoms with Crippen molar-refractivity contribution < 1.29 is 17.6 Å². The maximum absolute atomic E-state index is 13.6. The maximum atomic E-state index is 13.6. The van der Waals surface area contributed by atoms with Crippen LogP contribution in [0.1, 0.15) is 0 Å². The van der Waals surface area contributed by atoms with Crippen molar-refractivity contribution in [3.63, 3.8) is 0 Å². The lowest BCUT2D eigenvalue weighted by atomic mass is 10.3. The van der Waals surface area contributed by atoms with Crippen molar-refractivity contribution in [1.82, 2.24) is 4.90 Å². The van der Waals surface area contributed by atoms with Gasteiger partial charge in [0.25, 0.3) is 0 Å². The second kappa shape index (κ2) is 5.16. The van der Waals surface area contributed by atoms with Crippen LogP contribution in [0, 0.1) is 5.82 Å². The molecule has 7 heteroatoms. The number of carbonyl (C=O) groups excluding carboxylic acids is 1. The number of nitrogens with zero attached hydrogens (tertiary/aromatic N) is 2. The van der Waals surface area contributed by atoms with Crippen LogP contribution in [0.5, 0.6) is 0 Å². The van der Waals surface area contributed by atoms with E-state index >= 15 is 0 Å². The zero-order valence-corrected chi connectivity index (χ0v) is 11.4. The molecule has 0 N–H and O–H groups in total. The average molecular weight is 286 g/mol. The summed E-state index contributed by atoms with van der Waals surface area (Å²) in [6, 6.07) is 5.58. The number of anilines is 1. The van der Waals surface area contributed by atoms with Gasteiger partial charge in [-0.1, -0.05) is 12.1 Å². The van der Waals surface area contributed by atoms with Crippen LogP contribution >= 0.6 is 0 Å². The number of carbonyl (C=O) groups is 1. The van der Waals surface area contributed by atoms with E-state index in [1.807, 2.05) is 0 Å². The van der Waals surface area contributed by atoms with Crippen LogP contribution in [0.25, 0.3) is 0 Å². The van der Waals surface area contributed by atoms with Crippen LogP contribution in [0.4, 0.5) is 14.9 Å². The molecule has 0 radical (unpaired) electrons. The first kappa shape index (κ1) is 13.8. The van der Waals surface area contributed by atoms with Gasteiger partial charge in [-0.05, 0) is 12.1 Å². The third kappa shape index (κ3) is 3.04. The summed E-state index contributed by atoms with van der Waals surface area (Å²) in [5.74, 6) is -0.559. The first-order valence-electron chi connectivity index (χ1n) is 5.88. The molecule has 19 heavy (non-hydrogen) atoms. The van der Waals surface area contributed by atoms with Crippen LogP contribution in [0.2, 0.25) is 0 Å². The maximum Gasteiger partial charge on any atom is 0.324 e. The predicted molar refractivity (Wildman–Crippen MR) is 70.4 cm³/mol. The molecule has 1 aliphatic rings. The number of rotatable bonds is 1. The molecule has 0 atom stereocenters. The van der Waals surface area contributed by atoms with Crippen molar-refractivity contribution in [2.45, 2.75) is 0 Å².